The third kappa shape index (κ3) is 3.44. The Morgan fingerprint density at radius 1 is 1.42 bits per heavy atom. The largest absolute Gasteiger partial charge is 0.478 e. The van der Waals surface area contributed by atoms with Crippen LogP contribution in [0.1, 0.15) is 23.2 Å². The number of rotatable bonds is 5. The van der Waals surface area contributed by atoms with Crippen LogP contribution in [-0.2, 0) is 0 Å². The molecule has 1 aromatic rings. The van der Waals surface area contributed by atoms with E-state index in [2.05, 4.69) is 4.90 Å². The lowest BCUT2D eigenvalue weighted by atomic mass is 10.1. The minimum Gasteiger partial charge on any atom is -0.478 e. The molecule has 5 heteroatoms. The van der Waals surface area contributed by atoms with Crippen LogP contribution < -0.4 is 4.90 Å². The van der Waals surface area contributed by atoms with Crippen molar-refractivity contribution in [3.63, 3.8) is 0 Å². The average molecular weight is 266 g/mol. The van der Waals surface area contributed by atoms with E-state index in [9.17, 15) is 9.18 Å². The highest BCUT2D eigenvalue weighted by Crippen LogP contribution is 2.21. The number of likely N-dealkylation sites (N-methyl/N-ethyl adjacent to an activating group) is 1. The van der Waals surface area contributed by atoms with Gasteiger partial charge in [0.25, 0.3) is 0 Å². The molecule has 1 heterocycles. The zero-order valence-electron chi connectivity index (χ0n) is 11.1. The van der Waals surface area contributed by atoms with E-state index in [4.69, 9.17) is 5.11 Å². The summed E-state index contributed by atoms with van der Waals surface area (Å²) in [5.74, 6) is -1.61. The zero-order valence-corrected chi connectivity index (χ0v) is 11.1. The second-order valence-corrected chi connectivity index (χ2v) is 4.94. The topological polar surface area (TPSA) is 43.8 Å². The number of nitrogens with zero attached hydrogens (tertiary/aromatic N) is 2. The number of carboxylic acids is 1. The number of carboxylic acid groups (broad SMARTS) is 1. The summed E-state index contributed by atoms with van der Waals surface area (Å²) < 4.78 is 13.1. The Kier molecular flexibility index (Phi) is 4.37. The summed E-state index contributed by atoms with van der Waals surface area (Å²) >= 11 is 0. The molecule has 0 aromatic heterocycles. The highest BCUT2D eigenvalue weighted by molar-refractivity contribution is 5.94. The van der Waals surface area contributed by atoms with Crippen LogP contribution >= 0.6 is 0 Å². The van der Waals surface area contributed by atoms with E-state index in [1.54, 1.807) is 0 Å². The molecule has 1 aromatic carbocycles. The molecule has 1 N–H and O–H groups in total. The van der Waals surface area contributed by atoms with Crippen LogP contribution in [0.25, 0.3) is 0 Å². The van der Waals surface area contributed by atoms with Crippen LogP contribution in [0.2, 0.25) is 0 Å². The monoisotopic (exact) mass is 266 g/mol. The van der Waals surface area contributed by atoms with Crippen molar-refractivity contribution in [2.75, 3.05) is 38.1 Å². The molecule has 0 saturated carbocycles. The van der Waals surface area contributed by atoms with Gasteiger partial charge in [0, 0.05) is 20.1 Å². The van der Waals surface area contributed by atoms with Crippen LogP contribution in [-0.4, -0.2) is 49.2 Å². The third-order valence-electron chi connectivity index (χ3n) is 3.55. The Hall–Kier alpha value is -1.62. The summed E-state index contributed by atoms with van der Waals surface area (Å²) in [5.41, 5.74) is 0.581. The van der Waals surface area contributed by atoms with Crippen LogP contribution in [0.15, 0.2) is 18.2 Å². The first kappa shape index (κ1) is 13.8. The highest BCUT2D eigenvalue weighted by atomic mass is 19.1. The molecule has 0 unspecified atom stereocenters. The molecule has 2 rings (SSSR count). The van der Waals surface area contributed by atoms with Gasteiger partial charge in [0.1, 0.15) is 5.82 Å². The summed E-state index contributed by atoms with van der Waals surface area (Å²) in [5, 5.41) is 9.11. The van der Waals surface area contributed by atoms with Gasteiger partial charge in [-0.05, 0) is 44.1 Å². The number of anilines is 1. The molecule has 0 atom stereocenters. The minimum atomic E-state index is -1.09. The van der Waals surface area contributed by atoms with E-state index < -0.39 is 11.8 Å². The SMILES string of the molecule is CN(CCN1CCCC1)c1ccc(F)cc1C(=O)O. The number of likely N-dealkylation sites (tertiary alicyclic amines) is 1. The molecule has 1 saturated heterocycles. The standard InChI is InChI=1S/C14H19FN2O2/c1-16(8-9-17-6-2-3-7-17)13-5-4-11(15)10-12(13)14(18)19/h4-5,10H,2-3,6-9H2,1H3,(H,18,19). The van der Waals surface area contributed by atoms with Crippen LogP contribution in [0.3, 0.4) is 0 Å². The summed E-state index contributed by atoms with van der Waals surface area (Å²) in [6.07, 6.45) is 2.47. The Morgan fingerprint density at radius 2 is 2.11 bits per heavy atom. The van der Waals surface area contributed by atoms with Gasteiger partial charge in [-0.3, -0.25) is 0 Å². The lowest BCUT2D eigenvalue weighted by Crippen LogP contribution is -2.32. The van der Waals surface area contributed by atoms with Crippen molar-refractivity contribution >= 4 is 11.7 Å². The Labute approximate surface area is 112 Å². The van der Waals surface area contributed by atoms with Gasteiger partial charge in [-0.15, -0.1) is 0 Å². The van der Waals surface area contributed by atoms with Gasteiger partial charge >= 0.3 is 5.97 Å². The van der Waals surface area contributed by atoms with Crippen molar-refractivity contribution in [2.45, 2.75) is 12.8 Å². The molecule has 4 nitrogen and oxygen atoms in total. The number of aromatic carboxylic acids is 1. The quantitative estimate of drug-likeness (QED) is 0.886. The Bertz CT molecular complexity index is 459. The molecule has 0 amide bonds. The van der Waals surface area contributed by atoms with Crippen LogP contribution in [0.4, 0.5) is 10.1 Å². The maximum Gasteiger partial charge on any atom is 0.337 e. The van der Waals surface area contributed by atoms with Crippen molar-refractivity contribution in [1.82, 2.24) is 4.90 Å². The highest BCUT2D eigenvalue weighted by Gasteiger charge is 2.16. The zero-order chi connectivity index (χ0) is 13.8. The smallest absolute Gasteiger partial charge is 0.337 e. The van der Waals surface area contributed by atoms with Gasteiger partial charge in [-0.2, -0.15) is 0 Å². The molecule has 104 valence electrons. The normalized spacial score (nSPS) is 15.7. The van der Waals surface area contributed by atoms with Crippen molar-refractivity contribution in [2.24, 2.45) is 0 Å². The molecule has 0 spiro atoms. The van der Waals surface area contributed by atoms with Gasteiger partial charge in [0.2, 0.25) is 0 Å². The molecule has 1 fully saturated rings. The van der Waals surface area contributed by atoms with Gasteiger partial charge in [-0.1, -0.05) is 0 Å². The maximum atomic E-state index is 13.1. The van der Waals surface area contributed by atoms with Crippen molar-refractivity contribution < 1.29 is 14.3 Å². The molecular weight excluding hydrogens is 247 g/mol. The molecule has 19 heavy (non-hydrogen) atoms. The average Bonchev–Trinajstić information content (AvgIpc) is 2.88. The summed E-state index contributed by atoms with van der Waals surface area (Å²) in [4.78, 5) is 15.4. The van der Waals surface area contributed by atoms with E-state index in [-0.39, 0.29) is 5.56 Å². The lowest BCUT2D eigenvalue weighted by Gasteiger charge is -2.24. The number of hydrogen-bond acceptors (Lipinski definition) is 3. The molecule has 1 aliphatic heterocycles. The van der Waals surface area contributed by atoms with E-state index in [1.165, 1.54) is 25.0 Å². The molecular formula is C14H19FN2O2. The van der Waals surface area contributed by atoms with Crippen LogP contribution in [0.5, 0.6) is 0 Å². The van der Waals surface area contributed by atoms with Crippen LogP contribution in [0, 0.1) is 5.82 Å². The van der Waals surface area contributed by atoms with E-state index in [1.807, 2.05) is 11.9 Å². The first-order chi connectivity index (χ1) is 9.08. The summed E-state index contributed by atoms with van der Waals surface area (Å²) in [7, 11) is 1.84. The fourth-order valence-corrected chi connectivity index (χ4v) is 2.43. The van der Waals surface area contributed by atoms with Gasteiger partial charge in [0.05, 0.1) is 11.3 Å². The summed E-state index contributed by atoms with van der Waals surface area (Å²) in [6, 6.07) is 3.90. The Morgan fingerprint density at radius 3 is 2.74 bits per heavy atom. The first-order valence-electron chi connectivity index (χ1n) is 6.54. The second kappa shape index (κ2) is 6.02. The fraction of sp³-hybridized carbons (Fsp3) is 0.500. The van der Waals surface area contributed by atoms with Gasteiger partial charge < -0.3 is 14.9 Å². The predicted molar refractivity (Wildman–Crippen MR) is 72.3 cm³/mol. The number of benzene rings is 1. The minimum absolute atomic E-state index is 0.0175. The van der Waals surface area contributed by atoms with Crippen molar-refractivity contribution in [1.29, 1.82) is 0 Å². The first-order valence-corrected chi connectivity index (χ1v) is 6.54. The van der Waals surface area contributed by atoms with Crippen molar-refractivity contribution in [3.8, 4) is 0 Å². The summed E-state index contributed by atoms with van der Waals surface area (Å²) in [6.45, 7) is 3.88. The number of hydrogen-bond donors (Lipinski definition) is 1. The molecule has 0 bridgehead atoms. The van der Waals surface area contributed by atoms with Gasteiger partial charge in [0.15, 0.2) is 0 Å². The van der Waals surface area contributed by atoms with E-state index >= 15 is 0 Å². The Balaban J connectivity index is 2.05. The van der Waals surface area contributed by atoms with Gasteiger partial charge in [-0.25, -0.2) is 9.18 Å². The lowest BCUT2D eigenvalue weighted by molar-refractivity contribution is 0.0697. The van der Waals surface area contributed by atoms with E-state index in [0.717, 1.165) is 32.2 Å². The fourth-order valence-electron chi connectivity index (χ4n) is 2.43. The third-order valence-corrected chi connectivity index (χ3v) is 3.55. The maximum absolute atomic E-state index is 13.1. The predicted octanol–water partition coefficient (Wildman–Crippen LogP) is 2.06. The molecule has 0 radical (unpaired) electrons. The van der Waals surface area contributed by atoms with Crippen molar-refractivity contribution in [3.05, 3.63) is 29.6 Å². The number of carbonyl (C=O) groups is 1. The second-order valence-electron chi connectivity index (χ2n) is 4.94. The molecule has 0 aliphatic carbocycles. The molecule has 1 aliphatic rings. The number of halogens is 1. The van der Waals surface area contributed by atoms with E-state index in [0.29, 0.717) is 5.69 Å².